The first kappa shape index (κ1) is 17.1. The molecule has 0 radical (unpaired) electrons. The maximum atomic E-state index is 13.3. The van der Waals surface area contributed by atoms with E-state index >= 15 is 0 Å². The van der Waals surface area contributed by atoms with Crippen molar-refractivity contribution in [3.8, 4) is 12.1 Å². The molecule has 1 heterocycles. The third-order valence-corrected chi connectivity index (χ3v) is 7.70. The number of nitrogens with two attached hydrogens (primary N) is 1. The molecular formula is C17H17FN4S2. The van der Waals surface area contributed by atoms with Gasteiger partial charge < -0.3 is 5.73 Å². The minimum absolute atomic E-state index is 0.225. The smallest absolute Gasteiger partial charge is 0.175 e. The Morgan fingerprint density at radius 1 is 1.17 bits per heavy atom. The van der Waals surface area contributed by atoms with Gasteiger partial charge in [-0.05, 0) is 29.2 Å². The van der Waals surface area contributed by atoms with Crippen molar-refractivity contribution >= 4 is 29.4 Å². The van der Waals surface area contributed by atoms with Crippen LogP contribution in [0.1, 0.15) is 25.3 Å². The third-order valence-electron chi connectivity index (χ3n) is 4.81. The molecule has 0 amide bonds. The summed E-state index contributed by atoms with van der Waals surface area (Å²) in [5, 5.41) is 20.1. The minimum atomic E-state index is -1.14. The molecule has 0 saturated heterocycles. The van der Waals surface area contributed by atoms with Gasteiger partial charge in [0, 0.05) is 5.92 Å². The van der Waals surface area contributed by atoms with Crippen molar-refractivity contribution in [3.05, 3.63) is 35.6 Å². The van der Waals surface area contributed by atoms with Crippen LogP contribution in [0.5, 0.6) is 0 Å². The van der Waals surface area contributed by atoms with Gasteiger partial charge >= 0.3 is 0 Å². The van der Waals surface area contributed by atoms with Gasteiger partial charge in [0.15, 0.2) is 4.20 Å². The minimum Gasteiger partial charge on any atom is -0.386 e. The fraction of sp³-hybridized carbons (Fsp3) is 0.471. The Labute approximate surface area is 149 Å². The summed E-state index contributed by atoms with van der Waals surface area (Å²) in [5.41, 5.74) is 4.79. The summed E-state index contributed by atoms with van der Waals surface area (Å²) in [7, 11) is 0. The average molecular weight is 360 g/mol. The van der Waals surface area contributed by atoms with Crippen molar-refractivity contribution in [2.75, 3.05) is 11.5 Å². The number of benzene rings is 1. The van der Waals surface area contributed by atoms with Crippen LogP contribution in [-0.4, -0.2) is 21.5 Å². The third kappa shape index (κ3) is 1.77. The lowest BCUT2D eigenvalue weighted by molar-refractivity contribution is 0.563. The number of thioether (sulfide) groups is 2. The molecule has 4 nitrogen and oxygen atoms in total. The fourth-order valence-corrected chi connectivity index (χ4v) is 7.16. The van der Waals surface area contributed by atoms with Crippen molar-refractivity contribution in [1.29, 1.82) is 10.5 Å². The number of nitriles is 2. The van der Waals surface area contributed by atoms with Crippen molar-refractivity contribution < 1.29 is 4.39 Å². The van der Waals surface area contributed by atoms with E-state index in [4.69, 9.17) is 5.73 Å². The van der Waals surface area contributed by atoms with Gasteiger partial charge in [0.1, 0.15) is 22.5 Å². The standard InChI is InChI=1S/C17H17FN4S2/c1-3-23-17(24-4-2)16(10-20)13(11-5-7-12(18)8-6-11)15(16,9-19)14(21)22-17/h5-8,13H,3-4H2,1-2H3,(H2,21,22)/t13-,15+,16-/m1/s1. The lowest BCUT2D eigenvalue weighted by Crippen LogP contribution is -2.31. The number of fused-ring (bicyclic) bond motifs is 1. The highest BCUT2D eigenvalue weighted by Crippen LogP contribution is 2.85. The first-order valence-electron chi connectivity index (χ1n) is 7.71. The van der Waals surface area contributed by atoms with Crippen LogP contribution in [0, 0.1) is 39.3 Å². The van der Waals surface area contributed by atoms with Crippen LogP contribution >= 0.6 is 23.5 Å². The van der Waals surface area contributed by atoms with Crippen LogP contribution < -0.4 is 5.73 Å². The zero-order valence-electron chi connectivity index (χ0n) is 13.4. The van der Waals surface area contributed by atoms with Crippen molar-refractivity contribution in [2.45, 2.75) is 24.0 Å². The van der Waals surface area contributed by atoms with Gasteiger partial charge in [0.2, 0.25) is 0 Å². The molecule has 124 valence electrons. The summed E-state index contributed by atoms with van der Waals surface area (Å²) >= 11 is 3.10. The molecule has 0 aromatic heterocycles. The Kier molecular flexibility index (Phi) is 4.06. The quantitative estimate of drug-likeness (QED) is 0.813. The zero-order valence-corrected chi connectivity index (χ0v) is 15.0. The van der Waals surface area contributed by atoms with E-state index in [0.717, 1.165) is 17.1 Å². The van der Waals surface area contributed by atoms with E-state index in [0.29, 0.717) is 0 Å². The van der Waals surface area contributed by atoms with Crippen molar-refractivity contribution in [2.24, 2.45) is 21.6 Å². The molecule has 1 aromatic rings. The molecule has 0 bridgehead atoms. The molecule has 1 fully saturated rings. The highest BCUT2D eigenvalue weighted by atomic mass is 32.2. The van der Waals surface area contributed by atoms with Crippen molar-refractivity contribution in [1.82, 2.24) is 0 Å². The van der Waals surface area contributed by atoms with Crippen LogP contribution in [0.15, 0.2) is 29.3 Å². The second-order valence-corrected chi connectivity index (χ2v) is 8.94. The number of halogens is 1. The topological polar surface area (TPSA) is 86.0 Å². The van der Waals surface area contributed by atoms with E-state index in [1.807, 2.05) is 13.8 Å². The molecule has 0 unspecified atom stereocenters. The maximum Gasteiger partial charge on any atom is 0.175 e. The van der Waals surface area contributed by atoms with E-state index < -0.39 is 21.0 Å². The van der Waals surface area contributed by atoms with Gasteiger partial charge in [-0.1, -0.05) is 26.0 Å². The lowest BCUT2D eigenvalue weighted by Gasteiger charge is -2.31. The summed E-state index contributed by atoms with van der Waals surface area (Å²) in [6.07, 6.45) is 0. The monoisotopic (exact) mass is 360 g/mol. The number of aliphatic imine (C=N–C) groups is 1. The highest BCUT2D eigenvalue weighted by molar-refractivity contribution is 8.18. The molecule has 2 aliphatic rings. The molecule has 24 heavy (non-hydrogen) atoms. The normalized spacial score (nSPS) is 32.4. The maximum absolute atomic E-state index is 13.3. The van der Waals surface area contributed by atoms with Crippen LogP contribution in [0.25, 0.3) is 0 Å². The van der Waals surface area contributed by atoms with Gasteiger partial charge in [0.25, 0.3) is 0 Å². The average Bonchev–Trinajstić information content (AvgIpc) is 3.15. The van der Waals surface area contributed by atoms with Crippen LogP contribution in [0.4, 0.5) is 4.39 Å². The molecule has 1 aromatic carbocycles. The van der Waals surface area contributed by atoms with E-state index in [-0.39, 0.29) is 11.7 Å². The van der Waals surface area contributed by atoms with Gasteiger partial charge in [-0.3, -0.25) is 0 Å². The first-order valence-corrected chi connectivity index (χ1v) is 9.68. The summed E-state index contributed by atoms with van der Waals surface area (Å²) in [5.74, 6) is 0.995. The number of rotatable bonds is 5. The molecule has 3 atom stereocenters. The molecular weight excluding hydrogens is 343 g/mol. The largest absolute Gasteiger partial charge is 0.386 e. The molecule has 2 N–H and O–H groups in total. The number of hydrogen-bond acceptors (Lipinski definition) is 6. The van der Waals surface area contributed by atoms with Gasteiger partial charge in [-0.15, -0.1) is 23.5 Å². The van der Waals surface area contributed by atoms with E-state index in [1.165, 1.54) is 12.1 Å². The van der Waals surface area contributed by atoms with Crippen LogP contribution in [0.2, 0.25) is 0 Å². The summed E-state index contributed by atoms with van der Waals surface area (Å²) in [4.78, 5) is 4.61. The SMILES string of the molecule is CCSC1(SCC)N=C(N)[C@]2(C#N)[C@@H](c3ccc(F)cc3)[C@@]12C#N. The van der Waals surface area contributed by atoms with Gasteiger partial charge in [-0.25, -0.2) is 9.38 Å². The van der Waals surface area contributed by atoms with Crippen LogP contribution in [-0.2, 0) is 0 Å². The molecule has 1 aliphatic heterocycles. The van der Waals surface area contributed by atoms with E-state index in [9.17, 15) is 14.9 Å². The Balaban J connectivity index is 2.21. The zero-order chi connectivity index (χ0) is 17.6. The predicted octanol–water partition coefficient (Wildman–Crippen LogP) is 3.47. The van der Waals surface area contributed by atoms with Crippen molar-refractivity contribution in [3.63, 3.8) is 0 Å². The Morgan fingerprint density at radius 2 is 1.75 bits per heavy atom. The fourth-order valence-electron chi connectivity index (χ4n) is 3.90. The predicted molar refractivity (Wildman–Crippen MR) is 95.9 cm³/mol. The second kappa shape index (κ2) is 5.68. The molecule has 1 saturated carbocycles. The number of amidine groups is 1. The summed E-state index contributed by atoms with van der Waals surface area (Å²) < 4.78 is 12.5. The molecule has 3 rings (SSSR count). The number of hydrogen-bond donors (Lipinski definition) is 1. The summed E-state index contributed by atoms with van der Waals surface area (Å²) in [6.45, 7) is 4.00. The van der Waals surface area contributed by atoms with E-state index in [1.54, 1.807) is 35.7 Å². The summed E-state index contributed by atoms with van der Waals surface area (Å²) in [6, 6.07) is 10.7. The van der Waals surface area contributed by atoms with Gasteiger partial charge in [0.05, 0.1) is 12.1 Å². The van der Waals surface area contributed by atoms with Gasteiger partial charge in [-0.2, -0.15) is 10.5 Å². The molecule has 7 heteroatoms. The number of nitrogens with zero attached hydrogens (tertiary/aromatic N) is 3. The molecule has 0 spiro atoms. The Hall–Kier alpha value is -1.70. The highest BCUT2D eigenvalue weighted by Gasteiger charge is 2.91. The Morgan fingerprint density at radius 3 is 2.21 bits per heavy atom. The van der Waals surface area contributed by atoms with Crippen LogP contribution in [0.3, 0.4) is 0 Å². The Bertz CT molecular complexity index is 773. The molecule has 1 aliphatic carbocycles. The second-order valence-electron chi connectivity index (χ2n) is 5.77. The van der Waals surface area contributed by atoms with E-state index in [2.05, 4.69) is 17.1 Å². The first-order chi connectivity index (χ1) is 11.5. The lowest BCUT2D eigenvalue weighted by atomic mass is 9.97.